The number of aliphatic hydroxyl groups is 1. The summed E-state index contributed by atoms with van der Waals surface area (Å²) in [6, 6.07) is 11.7. The fraction of sp³-hybridized carbons (Fsp3) is 0.304. The molecule has 1 N–H and O–H groups in total. The average Bonchev–Trinajstić information content (AvgIpc) is 2.98. The number of carbonyl (C=O) groups excluding carboxylic acids is 2. The van der Waals surface area contributed by atoms with E-state index in [0.29, 0.717) is 35.6 Å². The maximum atomic E-state index is 12.9. The van der Waals surface area contributed by atoms with Crippen molar-refractivity contribution in [2.24, 2.45) is 0 Å². The van der Waals surface area contributed by atoms with Crippen molar-refractivity contribution in [3.05, 3.63) is 64.7 Å². The lowest BCUT2D eigenvalue weighted by Crippen LogP contribution is -2.30. The summed E-state index contributed by atoms with van der Waals surface area (Å²) in [5, 5.41) is 11.0. The van der Waals surface area contributed by atoms with Gasteiger partial charge in [0.05, 0.1) is 25.8 Å². The summed E-state index contributed by atoms with van der Waals surface area (Å²) < 4.78 is 10.9. The molecule has 0 aromatic heterocycles. The molecule has 3 rings (SSSR count). The van der Waals surface area contributed by atoms with Crippen LogP contribution >= 0.6 is 0 Å². The molecular formula is C23H25NO5. The molecule has 1 amide bonds. The Morgan fingerprint density at radius 3 is 2.34 bits per heavy atom. The Balaban J connectivity index is 2.26. The molecule has 0 saturated carbocycles. The van der Waals surface area contributed by atoms with Crippen molar-refractivity contribution in [2.75, 3.05) is 20.8 Å². The minimum Gasteiger partial charge on any atom is -0.507 e. The minimum absolute atomic E-state index is 0.0545. The fourth-order valence-corrected chi connectivity index (χ4v) is 3.67. The first-order chi connectivity index (χ1) is 13.9. The molecule has 1 saturated heterocycles. The van der Waals surface area contributed by atoms with Gasteiger partial charge in [-0.15, -0.1) is 0 Å². The van der Waals surface area contributed by atoms with E-state index >= 15 is 0 Å². The number of ether oxygens (including phenoxy) is 2. The molecule has 2 aromatic rings. The van der Waals surface area contributed by atoms with Crippen LogP contribution in [0.5, 0.6) is 11.5 Å². The van der Waals surface area contributed by atoms with Gasteiger partial charge in [-0.2, -0.15) is 0 Å². The van der Waals surface area contributed by atoms with Crippen LogP contribution in [0, 0.1) is 6.92 Å². The second-order valence-corrected chi connectivity index (χ2v) is 6.94. The highest BCUT2D eigenvalue weighted by molar-refractivity contribution is 6.46. The van der Waals surface area contributed by atoms with E-state index in [0.717, 1.165) is 5.56 Å². The quantitative estimate of drug-likeness (QED) is 0.457. The highest BCUT2D eigenvalue weighted by atomic mass is 16.5. The summed E-state index contributed by atoms with van der Waals surface area (Å²) in [6.07, 6.45) is 0.667. The number of likely N-dealkylation sites (tertiary alicyclic amines) is 1. The van der Waals surface area contributed by atoms with Gasteiger partial charge in [-0.05, 0) is 19.4 Å². The second kappa shape index (κ2) is 8.39. The van der Waals surface area contributed by atoms with Crippen LogP contribution < -0.4 is 9.47 Å². The maximum absolute atomic E-state index is 12.9. The third-order valence-corrected chi connectivity index (χ3v) is 5.06. The van der Waals surface area contributed by atoms with Crippen molar-refractivity contribution in [2.45, 2.75) is 26.3 Å². The van der Waals surface area contributed by atoms with Crippen LogP contribution in [-0.2, 0) is 9.59 Å². The number of methoxy groups -OCH3 is 2. The molecule has 0 spiro atoms. The van der Waals surface area contributed by atoms with Crippen molar-refractivity contribution < 1.29 is 24.2 Å². The Morgan fingerprint density at radius 1 is 1.07 bits per heavy atom. The predicted molar refractivity (Wildman–Crippen MR) is 110 cm³/mol. The van der Waals surface area contributed by atoms with Gasteiger partial charge in [-0.25, -0.2) is 0 Å². The standard InChI is InChI=1S/C23H25NO5/c1-5-13-24-19(16-7-6-8-17(28-3)22(16)29-4)18(21(26)23(24)27)20(25)15-11-9-14(2)10-12-15/h6-12,19,25H,5,13H2,1-4H3/b20-18+. The van der Waals surface area contributed by atoms with Gasteiger partial charge in [0.25, 0.3) is 11.7 Å². The first-order valence-electron chi connectivity index (χ1n) is 9.50. The molecule has 0 radical (unpaired) electrons. The largest absolute Gasteiger partial charge is 0.507 e. The highest BCUT2D eigenvalue weighted by Gasteiger charge is 2.47. The minimum atomic E-state index is -0.763. The van der Waals surface area contributed by atoms with Gasteiger partial charge in [0.15, 0.2) is 11.5 Å². The lowest BCUT2D eigenvalue weighted by atomic mass is 9.94. The van der Waals surface area contributed by atoms with Crippen molar-refractivity contribution in [3.8, 4) is 11.5 Å². The predicted octanol–water partition coefficient (Wildman–Crippen LogP) is 3.84. The van der Waals surface area contributed by atoms with Crippen molar-refractivity contribution in [1.29, 1.82) is 0 Å². The van der Waals surface area contributed by atoms with Crippen LogP contribution in [-0.4, -0.2) is 42.5 Å². The smallest absolute Gasteiger partial charge is 0.295 e. The van der Waals surface area contributed by atoms with Crippen molar-refractivity contribution in [3.63, 3.8) is 0 Å². The summed E-state index contributed by atoms with van der Waals surface area (Å²) in [6.45, 7) is 4.24. The molecule has 1 aliphatic rings. The monoisotopic (exact) mass is 395 g/mol. The number of nitrogens with zero attached hydrogens (tertiary/aromatic N) is 1. The molecule has 1 unspecified atom stereocenters. The van der Waals surface area contributed by atoms with Crippen LogP contribution in [0.1, 0.15) is 36.1 Å². The second-order valence-electron chi connectivity index (χ2n) is 6.94. The van der Waals surface area contributed by atoms with Gasteiger partial charge in [0.1, 0.15) is 5.76 Å². The van der Waals surface area contributed by atoms with Crippen molar-refractivity contribution in [1.82, 2.24) is 4.90 Å². The molecule has 0 aliphatic carbocycles. The fourth-order valence-electron chi connectivity index (χ4n) is 3.67. The number of aliphatic hydroxyl groups excluding tert-OH is 1. The van der Waals surface area contributed by atoms with Crippen LogP contribution in [0.3, 0.4) is 0 Å². The lowest BCUT2D eigenvalue weighted by molar-refractivity contribution is -0.139. The first kappa shape index (κ1) is 20.5. The number of ketones is 1. The zero-order valence-corrected chi connectivity index (χ0v) is 17.1. The summed E-state index contributed by atoms with van der Waals surface area (Å²) in [5.41, 5.74) is 2.16. The van der Waals surface area contributed by atoms with Gasteiger partial charge in [0.2, 0.25) is 0 Å². The number of benzene rings is 2. The number of amides is 1. The summed E-state index contributed by atoms with van der Waals surface area (Å²) in [4.78, 5) is 27.2. The van der Waals surface area contributed by atoms with E-state index < -0.39 is 17.7 Å². The number of Topliss-reactive ketones (excluding diaryl/α,β-unsaturated/α-hetero) is 1. The number of para-hydroxylation sites is 1. The molecule has 1 fully saturated rings. The Hall–Kier alpha value is -3.28. The zero-order chi connectivity index (χ0) is 21.1. The molecule has 6 heteroatoms. The first-order valence-corrected chi connectivity index (χ1v) is 9.50. The Morgan fingerprint density at radius 2 is 1.76 bits per heavy atom. The Labute approximate surface area is 170 Å². The molecule has 1 aliphatic heterocycles. The van der Waals surface area contributed by atoms with Crippen LogP contribution in [0.15, 0.2) is 48.0 Å². The molecule has 0 bridgehead atoms. The van der Waals surface area contributed by atoms with Crippen LogP contribution in [0.25, 0.3) is 5.76 Å². The van der Waals surface area contributed by atoms with Crippen LogP contribution in [0.4, 0.5) is 0 Å². The third-order valence-electron chi connectivity index (χ3n) is 5.06. The number of rotatable bonds is 6. The SMILES string of the molecule is CCCN1C(=O)C(=O)/C(=C(/O)c2ccc(C)cc2)C1c1cccc(OC)c1OC. The van der Waals surface area contributed by atoms with Gasteiger partial charge in [-0.1, -0.05) is 48.9 Å². The lowest BCUT2D eigenvalue weighted by Gasteiger charge is -2.26. The Bertz CT molecular complexity index is 962. The molecule has 152 valence electrons. The number of hydrogen-bond donors (Lipinski definition) is 1. The summed E-state index contributed by atoms with van der Waals surface area (Å²) >= 11 is 0. The highest BCUT2D eigenvalue weighted by Crippen LogP contribution is 2.45. The van der Waals surface area contributed by atoms with Crippen molar-refractivity contribution >= 4 is 17.4 Å². The van der Waals surface area contributed by atoms with E-state index in [-0.39, 0.29) is 11.3 Å². The van der Waals surface area contributed by atoms with Gasteiger partial charge in [0, 0.05) is 17.7 Å². The van der Waals surface area contributed by atoms with E-state index in [4.69, 9.17) is 9.47 Å². The van der Waals surface area contributed by atoms with Gasteiger partial charge in [-0.3, -0.25) is 9.59 Å². The van der Waals surface area contributed by atoms with Crippen LogP contribution in [0.2, 0.25) is 0 Å². The third kappa shape index (κ3) is 3.58. The summed E-state index contributed by atoms with van der Waals surface area (Å²) in [7, 11) is 3.03. The van der Waals surface area contributed by atoms with Gasteiger partial charge >= 0.3 is 0 Å². The van der Waals surface area contributed by atoms with Gasteiger partial charge < -0.3 is 19.5 Å². The summed E-state index contributed by atoms with van der Waals surface area (Å²) in [5.74, 6) is -0.612. The Kier molecular flexibility index (Phi) is 5.92. The number of aryl methyl sites for hydroxylation is 1. The zero-order valence-electron chi connectivity index (χ0n) is 17.1. The molecular weight excluding hydrogens is 370 g/mol. The molecule has 29 heavy (non-hydrogen) atoms. The van der Waals surface area contributed by atoms with E-state index in [1.165, 1.54) is 19.1 Å². The topological polar surface area (TPSA) is 76.1 Å². The molecule has 6 nitrogen and oxygen atoms in total. The maximum Gasteiger partial charge on any atom is 0.295 e. The number of hydrogen-bond acceptors (Lipinski definition) is 5. The molecule has 2 aromatic carbocycles. The molecule has 1 heterocycles. The average molecular weight is 395 g/mol. The number of carbonyl (C=O) groups is 2. The van der Waals surface area contributed by atoms with E-state index in [2.05, 4.69) is 0 Å². The van der Waals surface area contributed by atoms with E-state index in [1.54, 1.807) is 30.3 Å². The molecule has 1 atom stereocenters. The normalized spacial score (nSPS) is 18.2. The van der Waals surface area contributed by atoms with E-state index in [9.17, 15) is 14.7 Å². The van der Waals surface area contributed by atoms with E-state index in [1.807, 2.05) is 26.0 Å².